The van der Waals surface area contributed by atoms with E-state index in [1.807, 2.05) is 6.92 Å². The molecule has 1 amide bonds. The quantitative estimate of drug-likeness (QED) is 0.797. The van der Waals surface area contributed by atoms with Gasteiger partial charge in [-0.25, -0.2) is 4.79 Å². The molecule has 2 rings (SSSR count). The lowest BCUT2D eigenvalue weighted by molar-refractivity contribution is -0.123. The molecule has 0 bridgehead atoms. The molecule has 1 heterocycles. The molecule has 0 aliphatic heterocycles. The molecule has 0 radical (unpaired) electrons. The summed E-state index contributed by atoms with van der Waals surface area (Å²) in [5, 5.41) is 3.72. The van der Waals surface area contributed by atoms with Crippen LogP contribution in [0, 0.1) is 5.92 Å². The predicted molar refractivity (Wildman–Crippen MR) is 89.7 cm³/mol. The van der Waals surface area contributed by atoms with Crippen LogP contribution >= 0.6 is 0 Å². The molecule has 1 atom stereocenters. The van der Waals surface area contributed by atoms with Crippen molar-refractivity contribution in [2.24, 2.45) is 5.92 Å². The van der Waals surface area contributed by atoms with Crippen molar-refractivity contribution in [2.75, 3.05) is 6.61 Å². The standard InChI is InChI=1S/C18H23NO4/c1-12(2)4-5-13(3)19-17(20)11-22-15-8-6-14-7-9-18(21)23-16(14)10-15/h6-10,12-13H,4-5,11H2,1-3H3,(H,19,20)/t13-/m0/s1. The van der Waals surface area contributed by atoms with Gasteiger partial charge in [0.15, 0.2) is 6.61 Å². The van der Waals surface area contributed by atoms with Crippen LogP contribution in [0.25, 0.3) is 11.0 Å². The molecule has 5 heteroatoms. The monoisotopic (exact) mass is 317 g/mol. The van der Waals surface area contributed by atoms with Gasteiger partial charge in [-0.2, -0.15) is 0 Å². The van der Waals surface area contributed by atoms with Crippen LogP contribution in [0.15, 0.2) is 39.5 Å². The van der Waals surface area contributed by atoms with Crippen molar-refractivity contribution >= 4 is 16.9 Å². The molecule has 0 saturated heterocycles. The van der Waals surface area contributed by atoms with Gasteiger partial charge < -0.3 is 14.5 Å². The fourth-order valence-corrected chi connectivity index (χ4v) is 2.25. The summed E-state index contributed by atoms with van der Waals surface area (Å²) in [5.41, 5.74) is 0.0343. The second-order valence-corrected chi connectivity index (χ2v) is 6.18. The molecule has 0 fully saturated rings. The third-order valence-corrected chi connectivity index (χ3v) is 3.55. The van der Waals surface area contributed by atoms with Gasteiger partial charge in [0, 0.05) is 23.6 Å². The number of hydrogen-bond acceptors (Lipinski definition) is 4. The predicted octanol–water partition coefficient (Wildman–Crippen LogP) is 3.11. The van der Waals surface area contributed by atoms with Crippen LogP contribution in [0.1, 0.15) is 33.6 Å². The first kappa shape index (κ1) is 17.1. The summed E-state index contributed by atoms with van der Waals surface area (Å²) < 4.78 is 10.6. The Hall–Kier alpha value is -2.30. The first-order valence-electron chi connectivity index (χ1n) is 7.90. The third-order valence-electron chi connectivity index (χ3n) is 3.55. The van der Waals surface area contributed by atoms with E-state index in [0.717, 1.165) is 18.2 Å². The van der Waals surface area contributed by atoms with Gasteiger partial charge in [0.05, 0.1) is 0 Å². The summed E-state index contributed by atoms with van der Waals surface area (Å²) in [6.07, 6.45) is 2.02. The van der Waals surface area contributed by atoms with E-state index in [4.69, 9.17) is 9.15 Å². The van der Waals surface area contributed by atoms with Gasteiger partial charge in [0.2, 0.25) is 0 Å². The van der Waals surface area contributed by atoms with E-state index in [1.54, 1.807) is 24.3 Å². The average molecular weight is 317 g/mol. The van der Waals surface area contributed by atoms with Gasteiger partial charge in [-0.15, -0.1) is 0 Å². The van der Waals surface area contributed by atoms with Crippen LogP contribution in [-0.4, -0.2) is 18.6 Å². The van der Waals surface area contributed by atoms with Crippen molar-refractivity contribution < 1.29 is 13.9 Å². The molecule has 1 N–H and O–H groups in total. The van der Waals surface area contributed by atoms with Crippen LogP contribution in [0.5, 0.6) is 5.75 Å². The Kier molecular flexibility index (Phi) is 5.79. The molecule has 124 valence electrons. The maximum absolute atomic E-state index is 11.9. The Morgan fingerprint density at radius 1 is 1.17 bits per heavy atom. The highest BCUT2D eigenvalue weighted by atomic mass is 16.5. The highest BCUT2D eigenvalue weighted by Gasteiger charge is 2.09. The van der Waals surface area contributed by atoms with Gasteiger partial charge in [0.25, 0.3) is 5.91 Å². The van der Waals surface area contributed by atoms with Gasteiger partial charge in [-0.05, 0) is 43.9 Å². The van der Waals surface area contributed by atoms with E-state index >= 15 is 0 Å². The number of ether oxygens (including phenoxy) is 1. The zero-order valence-corrected chi connectivity index (χ0v) is 13.8. The minimum Gasteiger partial charge on any atom is -0.484 e. The maximum atomic E-state index is 11.9. The number of hydrogen-bond donors (Lipinski definition) is 1. The van der Waals surface area contributed by atoms with E-state index in [-0.39, 0.29) is 18.6 Å². The molecular formula is C18H23NO4. The molecule has 0 aliphatic rings. The smallest absolute Gasteiger partial charge is 0.336 e. The molecule has 0 aliphatic carbocycles. The Bertz CT molecular complexity index is 720. The number of nitrogens with one attached hydrogen (secondary N) is 1. The molecule has 0 saturated carbocycles. The van der Waals surface area contributed by atoms with E-state index in [9.17, 15) is 9.59 Å². The number of fused-ring (bicyclic) bond motifs is 1. The topological polar surface area (TPSA) is 68.5 Å². The number of amides is 1. The minimum absolute atomic E-state index is 0.0609. The Morgan fingerprint density at radius 2 is 1.91 bits per heavy atom. The number of carbonyl (C=O) groups is 1. The lowest BCUT2D eigenvalue weighted by Crippen LogP contribution is -2.36. The molecule has 5 nitrogen and oxygen atoms in total. The molecule has 0 spiro atoms. The lowest BCUT2D eigenvalue weighted by Gasteiger charge is -2.15. The van der Waals surface area contributed by atoms with Crippen molar-refractivity contribution in [1.29, 1.82) is 0 Å². The fraction of sp³-hybridized carbons (Fsp3) is 0.444. The summed E-state index contributed by atoms with van der Waals surface area (Å²) in [6.45, 7) is 6.26. The van der Waals surface area contributed by atoms with Gasteiger partial charge in [-0.3, -0.25) is 4.79 Å². The zero-order chi connectivity index (χ0) is 16.8. The number of benzene rings is 1. The van der Waals surface area contributed by atoms with E-state index in [2.05, 4.69) is 19.2 Å². The van der Waals surface area contributed by atoms with Gasteiger partial charge in [-0.1, -0.05) is 13.8 Å². The van der Waals surface area contributed by atoms with Crippen LogP contribution in [0.4, 0.5) is 0 Å². The van der Waals surface area contributed by atoms with Crippen molar-refractivity contribution in [3.63, 3.8) is 0 Å². The SMILES string of the molecule is CC(C)CC[C@H](C)NC(=O)COc1ccc2ccc(=O)oc2c1. The van der Waals surface area contributed by atoms with Crippen molar-refractivity contribution in [3.05, 3.63) is 40.8 Å². The molecule has 1 aromatic carbocycles. The second-order valence-electron chi connectivity index (χ2n) is 6.18. The molecule has 23 heavy (non-hydrogen) atoms. The normalized spacial score (nSPS) is 12.3. The fourth-order valence-electron chi connectivity index (χ4n) is 2.25. The van der Waals surface area contributed by atoms with Gasteiger partial charge in [0.1, 0.15) is 11.3 Å². The average Bonchev–Trinajstić information content (AvgIpc) is 2.50. The molecule has 0 unspecified atom stereocenters. The van der Waals surface area contributed by atoms with Gasteiger partial charge >= 0.3 is 5.63 Å². The first-order chi connectivity index (χ1) is 10.9. The summed E-state index contributed by atoms with van der Waals surface area (Å²) in [7, 11) is 0. The van der Waals surface area contributed by atoms with Crippen molar-refractivity contribution in [3.8, 4) is 5.75 Å². The molecule has 1 aromatic heterocycles. The summed E-state index contributed by atoms with van der Waals surface area (Å²) in [5.74, 6) is 0.963. The third kappa shape index (κ3) is 5.43. The highest BCUT2D eigenvalue weighted by molar-refractivity contribution is 5.79. The highest BCUT2D eigenvalue weighted by Crippen LogP contribution is 2.19. The van der Waals surface area contributed by atoms with Crippen molar-refractivity contribution in [2.45, 2.75) is 39.7 Å². The van der Waals surface area contributed by atoms with Crippen LogP contribution in [0.2, 0.25) is 0 Å². The Labute approximate surface area is 135 Å². The lowest BCUT2D eigenvalue weighted by atomic mass is 10.0. The van der Waals surface area contributed by atoms with E-state index in [1.165, 1.54) is 6.07 Å². The van der Waals surface area contributed by atoms with E-state index < -0.39 is 5.63 Å². The minimum atomic E-state index is -0.411. The number of rotatable bonds is 7. The zero-order valence-electron chi connectivity index (χ0n) is 13.8. The van der Waals surface area contributed by atoms with Crippen LogP contribution in [0.3, 0.4) is 0 Å². The first-order valence-corrected chi connectivity index (χ1v) is 7.90. The largest absolute Gasteiger partial charge is 0.484 e. The number of carbonyl (C=O) groups excluding carboxylic acids is 1. The maximum Gasteiger partial charge on any atom is 0.336 e. The second kappa shape index (κ2) is 7.81. The van der Waals surface area contributed by atoms with Crippen LogP contribution < -0.4 is 15.7 Å². The molecular weight excluding hydrogens is 294 g/mol. The van der Waals surface area contributed by atoms with Crippen molar-refractivity contribution in [1.82, 2.24) is 5.32 Å². The summed E-state index contributed by atoms with van der Waals surface area (Å²) in [4.78, 5) is 23.1. The summed E-state index contributed by atoms with van der Waals surface area (Å²) >= 11 is 0. The van der Waals surface area contributed by atoms with Crippen LogP contribution in [-0.2, 0) is 4.79 Å². The Balaban J connectivity index is 1.87. The Morgan fingerprint density at radius 3 is 2.65 bits per heavy atom. The molecule has 2 aromatic rings. The van der Waals surface area contributed by atoms with E-state index in [0.29, 0.717) is 17.3 Å². The summed E-state index contributed by atoms with van der Waals surface area (Å²) in [6, 6.07) is 8.34.